The molecule has 10 heteroatoms. The lowest BCUT2D eigenvalue weighted by Gasteiger charge is -2.21. The van der Waals surface area contributed by atoms with Gasteiger partial charge in [-0.25, -0.2) is 8.42 Å². The highest BCUT2D eigenvalue weighted by Crippen LogP contribution is 2.17. The van der Waals surface area contributed by atoms with Crippen molar-refractivity contribution in [2.24, 2.45) is 0 Å². The van der Waals surface area contributed by atoms with Crippen molar-refractivity contribution in [1.82, 2.24) is 25.8 Å². The molecular formula is C16H25N5O4S. The van der Waals surface area contributed by atoms with Gasteiger partial charge in [0.05, 0.1) is 17.5 Å². The van der Waals surface area contributed by atoms with E-state index in [0.29, 0.717) is 13.1 Å². The lowest BCUT2D eigenvalue weighted by Crippen LogP contribution is -2.44. The molecule has 0 saturated carbocycles. The predicted molar refractivity (Wildman–Crippen MR) is 96.8 cm³/mol. The van der Waals surface area contributed by atoms with E-state index in [-0.39, 0.29) is 35.0 Å². The average Bonchev–Trinajstić information content (AvgIpc) is 3.11. The van der Waals surface area contributed by atoms with Crippen LogP contribution in [0, 0.1) is 0 Å². The number of carbonyl (C=O) groups excluding carboxylic acids is 2. The van der Waals surface area contributed by atoms with Crippen molar-refractivity contribution in [3.63, 3.8) is 0 Å². The maximum Gasteiger partial charge on any atom is 0.251 e. The quantitative estimate of drug-likeness (QED) is 0.481. The Balaban J connectivity index is 1.93. The molecule has 144 valence electrons. The third-order valence-electron chi connectivity index (χ3n) is 4.12. The molecule has 1 aromatic carbocycles. The number of sulfonamides is 1. The second-order valence-electron chi connectivity index (χ2n) is 6.35. The molecule has 2 rings (SSSR count). The van der Waals surface area contributed by atoms with Crippen LogP contribution >= 0.6 is 0 Å². The molecule has 0 aromatic heterocycles. The fourth-order valence-corrected chi connectivity index (χ4v) is 3.70. The Morgan fingerprint density at radius 1 is 1.19 bits per heavy atom. The van der Waals surface area contributed by atoms with Crippen molar-refractivity contribution in [3.8, 4) is 0 Å². The third-order valence-corrected chi connectivity index (χ3v) is 6.17. The van der Waals surface area contributed by atoms with Gasteiger partial charge in [-0.2, -0.15) is 4.31 Å². The van der Waals surface area contributed by atoms with Gasteiger partial charge >= 0.3 is 0 Å². The zero-order chi connectivity index (χ0) is 19.3. The van der Waals surface area contributed by atoms with Crippen LogP contribution in [0.25, 0.3) is 0 Å². The fourth-order valence-electron chi connectivity index (χ4n) is 2.33. The van der Waals surface area contributed by atoms with Crippen LogP contribution in [0.5, 0.6) is 0 Å². The van der Waals surface area contributed by atoms with Gasteiger partial charge in [0.25, 0.3) is 5.91 Å². The molecule has 1 saturated heterocycles. The smallest absolute Gasteiger partial charge is 0.251 e. The van der Waals surface area contributed by atoms with Crippen LogP contribution in [-0.4, -0.2) is 63.3 Å². The normalized spacial score (nSPS) is 15.4. The Morgan fingerprint density at radius 3 is 2.31 bits per heavy atom. The second-order valence-corrected chi connectivity index (χ2v) is 8.35. The summed E-state index contributed by atoms with van der Waals surface area (Å²) in [5.74, 6) is -0.726. The summed E-state index contributed by atoms with van der Waals surface area (Å²) in [6.07, 6.45) is 0. The molecule has 2 amide bonds. The Hall–Kier alpha value is -2.01. The van der Waals surface area contributed by atoms with Crippen LogP contribution in [0.4, 0.5) is 0 Å². The number of nitrogens with one attached hydrogen (secondary N) is 4. The minimum absolute atomic E-state index is 0.0122. The highest BCUT2D eigenvalue weighted by Gasteiger charge is 2.23. The number of nitrogens with zero attached hydrogens (tertiary/aromatic N) is 1. The summed E-state index contributed by atoms with van der Waals surface area (Å²) in [5.41, 5.74) is 6.08. The SMILES string of the molecule is CC(C)N(C)S(=O)(=O)c1ccc(C(=O)NCC(=O)NC2CNNC2)cc1. The monoisotopic (exact) mass is 383 g/mol. The number of hydrazine groups is 1. The van der Waals surface area contributed by atoms with Crippen LogP contribution in [0.2, 0.25) is 0 Å². The zero-order valence-electron chi connectivity index (χ0n) is 15.1. The van der Waals surface area contributed by atoms with Gasteiger partial charge in [0, 0.05) is 31.7 Å². The van der Waals surface area contributed by atoms with Crippen LogP contribution in [0.1, 0.15) is 24.2 Å². The van der Waals surface area contributed by atoms with Crippen LogP contribution in [0.3, 0.4) is 0 Å². The van der Waals surface area contributed by atoms with E-state index >= 15 is 0 Å². The number of benzene rings is 1. The van der Waals surface area contributed by atoms with Gasteiger partial charge in [-0.3, -0.25) is 20.4 Å². The average molecular weight is 383 g/mol. The van der Waals surface area contributed by atoms with Gasteiger partial charge in [0.2, 0.25) is 15.9 Å². The molecule has 1 aliphatic heterocycles. The van der Waals surface area contributed by atoms with E-state index < -0.39 is 15.9 Å². The Kier molecular flexibility index (Phi) is 6.70. The molecular weight excluding hydrogens is 358 g/mol. The lowest BCUT2D eigenvalue weighted by atomic mass is 10.2. The molecule has 1 aliphatic rings. The largest absolute Gasteiger partial charge is 0.349 e. The molecule has 0 radical (unpaired) electrons. The minimum atomic E-state index is -3.59. The van der Waals surface area contributed by atoms with E-state index in [4.69, 9.17) is 0 Å². The second kappa shape index (κ2) is 8.58. The molecule has 0 unspecified atom stereocenters. The Bertz CT molecular complexity index is 742. The molecule has 4 N–H and O–H groups in total. The van der Waals surface area contributed by atoms with Crippen molar-refractivity contribution in [2.75, 3.05) is 26.7 Å². The highest BCUT2D eigenvalue weighted by molar-refractivity contribution is 7.89. The van der Waals surface area contributed by atoms with Gasteiger partial charge in [-0.05, 0) is 38.1 Å². The molecule has 9 nitrogen and oxygen atoms in total. The van der Waals surface area contributed by atoms with E-state index in [1.807, 2.05) is 0 Å². The predicted octanol–water partition coefficient (Wildman–Crippen LogP) is -0.962. The highest BCUT2D eigenvalue weighted by atomic mass is 32.2. The van der Waals surface area contributed by atoms with Crippen LogP contribution in [0.15, 0.2) is 29.2 Å². The van der Waals surface area contributed by atoms with E-state index in [1.54, 1.807) is 13.8 Å². The first-order chi connectivity index (χ1) is 12.2. The van der Waals surface area contributed by atoms with Crippen LogP contribution in [-0.2, 0) is 14.8 Å². The number of hydrogen-bond acceptors (Lipinski definition) is 6. The molecule has 0 bridgehead atoms. The zero-order valence-corrected chi connectivity index (χ0v) is 15.9. The first-order valence-electron chi connectivity index (χ1n) is 8.33. The Morgan fingerprint density at radius 2 is 1.77 bits per heavy atom. The van der Waals surface area contributed by atoms with Gasteiger partial charge in [0.15, 0.2) is 0 Å². The summed E-state index contributed by atoms with van der Waals surface area (Å²) in [7, 11) is -2.09. The summed E-state index contributed by atoms with van der Waals surface area (Å²) >= 11 is 0. The standard InChI is InChI=1S/C16H25N5O4S/c1-11(2)21(3)26(24,25)14-6-4-12(5-7-14)16(23)17-10-15(22)20-13-8-18-19-9-13/h4-7,11,13,18-19H,8-10H2,1-3H3,(H,17,23)(H,20,22). The van der Waals surface area contributed by atoms with E-state index in [2.05, 4.69) is 21.5 Å². The lowest BCUT2D eigenvalue weighted by molar-refractivity contribution is -0.120. The maximum absolute atomic E-state index is 12.4. The number of hydrogen-bond donors (Lipinski definition) is 4. The van der Waals surface area contributed by atoms with Crippen molar-refractivity contribution in [1.29, 1.82) is 0 Å². The summed E-state index contributed by atoms with van der Waals surface area (Å²) < 4.78 is 26.1. The fraction of sp³-hybridized carbons (Fsp3) is 0.500. The topological polar surface area (TPSA) is 120 Å². The van der Waals surface area contributed by atoms with E-state index in [9.17, 15) is 18.0 Å². The maximum atomic E-state index is 12.4. The van der Waals surface area contributed by atoms with Crippen molar-refractivity contribution in [2.45, 2.75) is 30.8 Å². The summed E-state index contributed by atoms with van der Waals surface area (Å²) in [6.45, 7) is 4.66. The molecule has 0 atom stereocenters. The Labute approximate surface area is 153 Å². The molecule has 1 heterocycles. The van der Waals surface area contributed by atoms with Gasteiger partial charge in [-0.15, -0.1) is 0 Å². The molecule has 26 heavy (non-hydrogen) atoms. The first-order valence-corrected chi connectivity index (χ1v) is 9.77. The van der Waals surface area contributed by atoms with Gasteiger partial charge < -0.3 is 10.6 Å². The van der Waals surface area contributed by atoms with Crippen LogP contribution < -0.4 is 21.5 Å². The summed E-state index contributed by atoms with van der Waals surface area (Å²) in [6, 6.07) is 5.45. The van der Waals surface area contributed by atoms with Gasteiger partial charge in [0.1, 0.15) is 0 Å². The molecule has 0 aliphatic carbocycles. The summed E-state index contributed by atoms with van der Waals surface area (Å²) in [4.78, 5) is 24.0. The van der Waals surface area contributed by atoms with Crippen molar-refractivity contribution < 1.29 is 18.0 Å². The first kappa shape index (κ1) is 20.3. The number of rotatable bonds is 7. The molecule has 0 spiro atoms. The van der Waals surface area contributed by atoms with Gasteiger partial charge in [-0.1, -0.05) is 0 Å². The number of carbonyl (C=O) groups is 2. The number of amides is 2. The molecule has 1 fully saturated rings. The third kappa shape index (κ3) is 5.01. The van der Waals surface area contributed by atoms with E-state index in [0.717, 1.165) is 0 Å². The van der Waals surface area contributed by atoms with E-state index in [1.165, 1.54) is 35.6 Å². The van der Waals surface area contributed by atoms with Crippen molar-refractivity contribution >= 4 is 21.8 Å². The van der Waals surface area contributed by atoms with Crippen molar-refractivity contribution in [3.05, 3.63) is 29.8 Å². The minimum Gasteiger partial charge on any atom is -0.349 e. The summed E-state index contributed by atoms with van der Waals surface area (Å²) in [5, 5.41) is 5.29. The molecule has 1 aromatic rings.